The van der Waals surface area contributed by atoms with Gasteiger partial charge in [-0.25, -0.2) is 0 Å². The number of H-pyrrole nitrogens is 1. The second kappa shape index (κ2) is 3.76. The predicted octanol–water partition coefficient (Wildman–Crippen LogP) is 2.41. The first-order valence-electron chi connectivity index (χ1n) is 5.22. The second-order valence-corrected chi connectivity index (χ2v) is 4.48. The fourth-order valence-corrected chi connectivity index (χ4v) is 2.07. The highest BCUT2D eigenvalue weighted by Gasteiger charge is 2.35. The molecule has 0 unspecified atom stereocenters. The van der Waals surface area contributed by atoms with E-state index in [1.165, 1.54) is 4.90 Å². The number of aromatic amines is 1. The average Bonchev–Trinajstić information content (AvgIpc) is 2.57. The summed E-state index contributed by atoms with van der Waals surface area (Å²) >= 11 is 0. The third kappa shape index (κ3) is 2.21. The number of halogens is 3. The largest absolute Gasteiger partial charge is 0.401 e. The van der Waals surface area contributed by atoms with E-state index in [9.17, 15) is 13.2 Å². The van der Waals surface area contributed by atoms with Gasteiger partial charge in [-0.1, -0.05) is 13.8 Å². The third-order valence-electron chi connectivity index (χ3n) is 2.70. The molecule has 0 aromatic carbocycles. The van der Waals surface area contributed by atoms with Gasteiger partial charge in [0.15, 0.2) is 0 Å². The molecule has 1 aromatic rings. The lowest BCUT2D eigenvalue weighted by Gasteiger charge is -2.17. The first-order chi connectivity index (χ1) is 7.37. The Labute approximate surface area is 91.6 Å². The van der Waals surface area contributed by atoms with Crippen molar-refractivity contribution in [3.8, 4) is 0 Å². The minimum Gasteiger partial charge on any atom is -0.285 e. The van der Waals surface area contributed by atoms with E-state index in [4.69, 9.17) is 0 Å². The molecule has 1 N–H and O–H groups in total. The Kier molecular flexibility index (Phi) is 2.69. The van der Waals surface area contributed by atoms with Crippen LogP contribution in [0.5, 0.6) is 0 Å². The van der Waals surface area contributed by atoms with Crippen molar-refractivity contribution in [2.45, 2.75) is 39.0 Å². The van der Waals surface area contributed by atoms with E-state index < -0.39 is 12.7 Å². The fourth-order valence-electron chi connectivity index (χ4n) is 2.07. The monoisotopic (exact) mass is 233 g/mol. The van der Waals surface area contributed by atoms with Crippen LogP contribution >= 0.6 is 0 Å². The number of fused-ring (bicyclic) bond motifs is 1. The molecular formula is C10H14F3N3. The number of nitrogens with one attached hydrogen (secondary N) is 1. The summed E-state index contributed by atoms with van der Waals surface area (Å²) in [4.78, 5) is 1.38. The van der Waals surface area contributed by atoms with Crippen molar-refractivity contribution >= 4 is 0 Å². The van der Waals surface area contributed by atoms with Gasteiger partial charge in [-0.15, -0.1) is 0 Å². The molecule has 2 rings (SSSR count). The summed E-state index contributed by atoms with van der Waals surface area (Å²) in [5.41, 5.74) is 2.66. The van der Waals surface area contributed by atoms with Crippen LogP contribution in [0.4, 0.5) is 13.2 Å². The Morgan fingerprint density at radius 2 is 2.06 bits per heavy atom. The third-order valence-corrected chi connectivity index (χ3v) is 2.70. The zero-order chi connectivity index (χ0) is 11.9. The molecular weight excluding hydrogens is 219 g/mol. The molecule has 0 radical (unpaired) electrons. The van der Waals surface area contributed by atoms with Crippen molar-refractivity contribution < 1.29 is 13.2 Å². The number of hydrogen-bond acceptors (Lipinski definition) is 2. The van der Waals surface area contributed by atoms with Crippen LogP contribution in [0.3, 0.4) is 0 Å². The van der Waals surface area contributed by atoms with Gasteiger partial charge in [-0.05, 0) is 5.92 Å². The van der Waals surface area contributed by atoms with Crippen LogP contribution in [-0.4, -0.2) is 27.8 Å². The second-order valence-electron chi connectivity index (χ2n) is 4.48. The lowest BCUT2D eigenvalue weighted by molar-refractivity contribution is -0.147. The molecule has 0 amide bonds. The number of rotatable bonds is 2. The molecule has 6 heteroatoms. The van der Waals surface area contributed by atoms with Crippen molar-refractivity contribution in [2.24, 2.45) is 0 Å². The maximum atomic E-state index is 12.2. The van der Waals surface area contributed by atoms with Crippen molar-refractivity contribution in [1.29, 1.82) is 0 Å². The lowest BCUT2D eigenvalue weighted by atomic mass is 10.1. The van der Waals surface area contributed by atoms with Crippen molar-refractivity contribution in [3.63, 3.8) is 0 Å². The van der Waals surface area contributed by atoms with Crippen LogP contribution in [0, 0.1) is 0 Å². The SMILES string of the molecule is CC(C)c1n[nH]c2c1CN(CC(F)(F)F)C2. The lowest BCUT2D eigenvalue weighted by Crippen LogP contribution is -2.30. The summed E-state index contributed by atoms with van der Waals surface area (Å²) in [5.74, 6) is 0.242. The number of hydrogen-bond donors (Lipinski definition) is 1. The summed E-state index contributed by atoms with van der Waals surface area (Å²) in [5, 5.41) is 6.96. The van der Waals surface area contributed by atoms with E-state index in [-0.39, 0.29) is 5.92 Å². The maximum absolute atomic E-state index is 12.2. The normalized spacial score (nSPS) is 17.1. The van der Waals surface area contributed by atoms with Crippen molar-refractivity contribution in [1.82, 2.24) is 15.1 Å². The number of aromatic nitrogens is 2. The molecule has 1 aliphatic heterocycles. The molecule has 0 aliphatic carbocycles. The van der Waals surface area contributed by atoms with Gasteiger partial charge in [0, 0.05) is 18.7 Å². The first kappa shape index (κ1) is 11.4. The van der Waals surface area contributed by atoms with Gasteiger partial charge in [0.25, 0.3) is 0 Å². The summed E-state index contributed by atoms with van der Waals surface area (Å²) < 4.78 is 36.7. The van der Waals surface area contributed by atoms with Gasteiger partial charge in [0.2, 0.25) is 0 Å². The van der Waals surface area contributed by atoms with E-state index in [1.54, 1.807) is 0 Å². The van der Waals surface area contributed by atoms with Gasteiger partial charge < -0.3 is 0 Å². The minimum atomic E-state index is -4.13. The van der Waals surface area contributed by atoms with Crippen LogP contribution in [0.25, 0.3) is 0 Å². The molecule has 0 atom stereocenters. The zero-order valence-corrected chi connectivity index (χ0v) is 9.23. The molecule has 2 heterocycles. The van der Waals surface area contributed by atoms with Crippen LogP contribution in [0.1, 0.15) is 36.7 Å². The molecule has 16 heavy (non-hydrogen) atoms. The Morgan fingerprint density at radius 3 is 2.62 bits per heavy atom. The van der Waals surface area contributed by atoms with Gasteiger partial charge in [0.1, 0.15) is 0 Å². The summed E-state index contributed by atoms with van der Waals surface area (Å²) in [6.45, 7) is 3.78. The zero-order valence-electron chi connectivity index (χ0n) is 9.23. The summed E-state index contributed by atoms with van der Waals surface area (Å²) in [6, 6.07) is 0. The molecule has 3 nitrogen and oxygen atoms in total. The molecule has 0 bridgehead atoms. The molecule has 0 saturated carbocycles. The molecule has 1 aliphatic rings. The van der Waals surface area contributed by atoms with Crippen molar-refractivity contribution in [3.05, 3.63) is 17.0 Å². The van der Waals surface area contributed by atoms with E-state index in [1.807, 2.05) is 13.8 Å². The van der Waals surface area contributed by atoms with E-state index in [0.717, 1.165) is 17.0 Å². The number of alkyl halides is 3. The van der Waals surface area contributed by atoms with Crippen molar-refractivity contribution in [2.75, 3.05) is 6.54 Å². The maximum Gasteiger partial charge on any atom is 0.401 e. The van der Waals surface area contributed by atoms with Gasteiger partial charge in [0.05, 0.1) is 17.9 Å². The average molecular weight is 233 g/mol. The topological polar surface area (TPSA) is 31.9 Å². The first-order valence-corrected chi connectivity index (χ1v) is 5.22. The van der Waals surface area contributed by atoms with Gasteiger partial charge in [-0.3, -0.25) is 10.00 Å². The van der Waals surface area contributed by atoms with Gasteiger partial charge in [-0.2, -0.15) is 18.3 Å². The molecule has 1 aromatic heterocycles. The van der Waals surface area contributed by atoms with E-state index in [0.29, 0.717) is 13.1 Å². The summed E-state index contributed by atoms with van der Waals surface area (Å²) in [7, 11) is 0. The van der Waals surface area contributed by atoms with Crippen LogP contribution in [0.15, 0.2) is 0 Å². The highest BCUT2D eigenvalue weighted by Crippen LogP contribution is 2.30. The minimum absolute atomic E-state index is 0.242. The van der Waals surface area contributed by atoms with Crippen LogP contribution < -0.4 is 0 Å². The summed E-state index contributed by atoms with van der Waals surface area (Å²) in [6.07, 6.45) is -4.13. The highest BCUT2D eigenvalue weighted by atomic mass is 19.4. The molecule has 90 valence electrons. The number of nitrogens with zero attached hydrogens (tertiary/aromatic N) is 2. The van der Waals surface area contributed by atoms with Crippen LogP contribution in [-0.2, 0) is 13.1 Å². The predicted molar refractivity (Wildman–Crippen MR) is 52.8 cm³/mol. The Balaban J connectivity index is 2.10. The molecule has 0 spiro atoms. The Bertz CT molecular complexity index is 381. The Hall–Kier alpha value is -1.04. The fraction of sp³-hybridized carbons (Fsp3) is 0.700. The van der Waals surface area contributed by atoms with E-state index in [2.05, 4.69) is 10.2 Å². The smallest absolute Gasteiger partial charge is 0.285 e. The van der Waals surface area contributed by atoms with E-state index >= 15 is 0 Å². The van der Waals surface area contributed by atoms with Crippen LogP contribution in [0.2, 0.25) is 0 Å². The Morgan fingerprint density at radius 1 is 1.38 bits per heavy atom. The standard InChI is InChI=1S/C10H14F3N3/c1-6(2)9-7-3-16(5-10(11,12)13)4-8(7)14-15-9/h6H,3-5H2,1-2H3,(H,14,15). The quantitative estimate of drug-likeness (QED) is 0.850. The molecule has 0 saturated heterocycles. The molecule has 0 fully saturated rings. The highest BCUT2D eigenvalue weighted by molar-refractivity contribution is 5.30. The van der Waals surface area contributed by atoms with Gasteiger partial charge >= 0.3 is 6.18 Å².